The second-order valence-corrected chi connectivity index (χ2v) is 5.24. The van der Waals surface area contributed by atoms with E-state index in [-0.39, 0.29) is 0 Å². The van der Waals surface area contributed by atoms with Gasteiger partial charge in [-0.25, -0.2) is 0 Å². The van der Waals surface area contributed by atoms with Gasteiger partial charge in [0.05, 0.1) is 7.11 Å². The van der Waals surface area contributed by atoms with Crippen molar-refractivity contribution in [2.45, 2.75) is 13.0 Å². The highest BCUT2D eigenvalue weighted by molar-refractivity contribution is 7.15. The third kappa shape index (κ3) is 2.66. The standard InChI is InChI=1S/C14H16N4OS/c1-19-13-12(18-8-9-20-14(18)17-13)10-15-7-5-11-4-2-3-6-16-11/h2-4,6,8-9,15H,5,7,10H2,1H3. The van der Waals surface area contributed by atoms with E-state index in [2.05, 4.69) is 19.7 Å². The van der Waals surface area contributed by atoms with E-state index in [9.17, 15) is 0 Å². The van der Waals surface area contributed by atoms with Gasteiger partial charge in [-0.15, -0.1) is 11.3 Å². The first-order chi connectivity index (χ1) is 9.88. The van der Waals surface area contributed by atoms with Crippen molar-refractivity contribution in [3.63, 3.8) is 0 Å². The average Bonchev–Trinajstić information content (AvgIpc) is 3.06. The molecule has 1 N–H and O–H groups in total. The molecular formula is C14H16N4OS. The van der Waals surface area contributed by atoms with Gasteiger partial charge in [0.15, 0.2) is 4.96 Å². The predicted molar refractivity (Wildman–Crippen MR) is 79.3 cm³/mol. The van der Waals surface area contributed by atoms with Crippen LogP contribution in [0.2, 0.25) is 0 Å². The number of imidazole rings is 1. The van der Waals surface area contributed by atoms with Crippen LogP contribution >= 0.6 is 11.3 Å². The molecule has 6 heteroatoms. The lowest BCUT2D eigenvalue weighted by Gasteiger charge is -2.05. The summed E-state index contributed by atoms with van der Waals surface area (Å²) in [7, 11) is 1.66. The fourth-order valence-corrected chi connectivity index (χ4v) is 2.83. The molecule has 3 aromatic heterocycles. The lowest BCUT2D eigenvalue weighted by Crippen LogP contribution is -2.18. The Morgan fingerprint density at radius 2 is 2.35 bits per heavy atom. The maximum atomic E-state index is 5.33. The summed E-state index contributed by atoms with van der Waals surface area (Å²) in [4.78, 5) is 9.70. The second kappa shape index (κ2) is 6.02. The Labute approximate surface area is 121 Å². The smallest absolute Gasteiger partial charge is 0.237 e. The van der Waals surface area contributed by atoms with Gasteiger partial charge in [0.25, 0.3) is 0 Å². The number of pyridine rings is 1. The molecule has 0 bridgehead atoms. The molecule has 0 aliphatic rings. The van der Waals surface area contributed by atoms with Gasteiger partial charge in [-0.1, -0.05) is 6.07 Å². The molecule has 0 amide bonds. The van der Waals surface area contributed by atoms with Crippen LogP contribution in [0.15, 0.2) is 36.0 Å². The summed E-state index contributed by atoms with van der Waals surface area (Å²) < 4.78 is 7.39. The molecule has 0 saturated heterocycles. The molecular weight excluding hydrogens is 272 g/mol. The number of hydrogen-bond donors (Lipinski definition) is 1. The van der Waals surface area contributed by atoms with Crippen LogP contribution in [-0.2, 0) is 13.0 Å². The van der Waals surface area contributed by atoms with Gasteiger partial charge >= 0.3 is 0 Å². The van der Waals surface area contributed by atoms with E-state index in [0.717, 1.165) is 35.9 Å². The van der Waals surface area contributed by atoms with Crippen LogP contribution in [-0.4, -0.2) is 28.0 Å². The zero-order chi connectivity index (χ0) is 13.8. The van der Waals surface area contributed by atoms with Crippen LogP contribution < -0.4 is 10.1 Å². The lowest BCUT2D eigenvalue weighted by molar-refractivity contribution is 0.393. The summed E-state index contributed by atoms with van der Waals surface area (Å²) in [6, 6.07) is 5.98. The van der Waals surface area contributed by atoms with Crippen LogP contribution in [0.4, 0.5) is 0 Å². The third-order valence-corrected chi connectivity index (χ3v) is 3.85. The van der Waals surface area contributed by atoms with Crippen molar-refractivity contribution in [1.82, 2.24) is 19.7 Å². The first-order valence-corrected chi connectivity index (χ1v) is 7.35. The molecule has 0 fully saturated rings. The molecule has 0 atom stereocenters. The number of nitrogens with one attached hydrogen (secondary N) is 1. The Hall–Kier alpha value is -1.92. The highest BCUT2D eigenvalue weighted by Gasteiger charge is 2.12. The van der Waals surface area contributed by atoms with Crippen LogP contribution in [0.3, 0.4) is 0 Å². The fraction of sp³-hybridized carbons (Fsp3) is 0.286. The number of rotatable bonds is 6. The molecule has 3 rings (SSSR count). The normalized spacial score (nSPS) is 11.1. The van der Waals surface area contributed by atoms with Gasteiger partial charge in [0.2, 0.25) is 5.88 Å². The molecule has 0 aliphatic heterocycles. The van der Waals surface area contributed by atoms with Gasteiger partial charge in [-0.3, -0.25) is 9.38 Å². The van der Waals surface area contributed by atoms with E-state index < -0.39 is 0 Å². The molecule has 20 heavy (non-hydrogen) atoms. The predicted octanol–water partition coefficient (Wildman–Crippen LogP) is 2.13. The Balaban J connectivity index is 1.61. The second-order valence-electron chi connectivity index (χ2n) is 4.37. The van der Waals surface area contributed by atoms with Crippen molar-refractivity contribution in [2.75, 3.05) is 13.7 Å². The summed E-state index contributed by atoms with van der Waals surface area (Å²) in [6.45, 7) is 1.60. The topological polar surface area (TPSA) is 51.5 Å². The van der Waals surface area contributed by atoms with E-state index >= 15 is 0 Å². The van der Waals surface area contributed by atoms with Gasteiger partial charge in [-0.05, 0) is 12.1 Å². The Morgan fingerprint density at radius 3 is 3.15 bits per heavy atom. The van der Waals surface area contributed by atoms with Crippen LogP contribution in [0.1, 0.15) is 11.4 Å². The SMILES string of the molecule is COc1nc2sccn2c1CNCCc1ccccn1. The zero-order valence-corrected chi connectivity index (χ0v) is 12.1. The van der Waals surface area contributed by atoms with E-state index in [1.165, 1.54) is 0 Å². The largest absolute Gasteiger partial charge is 0.480 e. The summed E-state index contributed by atoms with van der Waals surface area (Å²) >= 11 is 1.61. The van der Waals surface area contributed by atoms with E-state index in [1.807, 2.05) is 36.0 Å². The first kappa shape index (κ1) is 13.1. The molecule has 3 heterocycles. The number of aromatic nitrogens is 3. The maximum Gasteiger partial charge on any atom is 0.237 e. The molecule has 0 aromatic carbocycles. The van der Waals surface area contributed by atoms with Gasteiger partial charge in [0, 0.05) is 43.0 Å². The number of methoxy groups -OCH3 is 1. The molecule has 3 aromatic rings. The molecule has 0 radical (unpaired) electrons. The van der Waals surface area contributed by atoms with Crippen molar-refractivity contribution in [2.24, 2.45) is 0 Å². The minimum atomic E-state index is 0.696. The number of ether oxygens (including phenoxy) is 1. The molecule has 5 nitrogen and oxygen atoms in total. The monoisotopic (exact) mass is 288 g/mol. The van der Waals surface area contributed by atoms with Crippen molar-refractivity contribution in [3.8, 4) is 5.88 Å². The quantitative estimate of drug-likeness (QED) is 0.706. The van der Waals surface area contributed by atoms with E-state index in [0.29, 0.717) is 5.88 Å². The van der Waals surface area contributed by atoms with Crippen LogP contribution in [0, 0.1) is 0 Å². The number of fused-ring (bicyclic) bond motifs is 1. The lowest BCUT2D eigenvalue weighted by atomic mass is 10.2. The average molecular weight is 288 g/mol. The number of nitrogens with zero attached hydrogens (tertiary/aromatic N) is 3. The molecule has 0 spiro atoms. The Bertz CT molecular complexity index is 677. The van der Waals surface area contributed by atoms with Crippen molar-refractivity contribution < 1.29 is 4.74 Å². The minimum Gasteiger partial charge on any atom is -0.480 e. The molecule has 104 valence electrons. The Kier molecular flexibility index (Phi) is 3.94. The molecule has 0 saturated carbocycles. The Morgan fingerprint density at radius 1 is 1.40 bits per heavy atom. The van der Waals surface area contributed by atoms with Crippen molar-refractivity contribution >= 4 is 16.3 Å². The highest BCUT2D eigenvalue weighted by atomic mass is 32.1. The first-order valence-electron chi connectivity index (χ1n) is 6.47. The summed E-state index contributed by atoms with van der Waals surface area (Å²) in [5.74, 6) is 0.696. The molecule has 0 aliphatic carbocycles. The third-order valence-electron chi connectivity index (χ3n) is 3.09. The van der Waals surface area contributed by atoms with Gasteiger partial charge in [-0.2, -0.15) is 4.98 Å². The van der Waals surface area contributed by atoms with Crippen molar-refractivity contribution in [3.05, 3.63) is 47.4 Å². The number of hydrogen-bond acceptors (Lipinski definition) is 5. The highest BCUT2D eigenvalue weighted by Crippen LogP contribution is 2.22. The van der Waals surface area contributed by atoms with E-state index in [4.69, 9.17) is 4.74 Å². The van der Waals surface area contributed by atoms with Gasteiger partial charge in [0.1, 0.15) is 5.69 Å². The summed E-state index contributed by atoms with van der Waals surface area (Å²) in [5, 5.41) is 5.44. The van der Waals surface area contributed by atoms with E-state index in [1.54, 1.807) is 18.4 Å². The fourth-order valence-electron chi connectivity index (χ4n) is 2.11. The van der Waals surface area contributed by atoms with Gasteiger partial charge < -0.3 is 10.1 Å². The zero-order valence-electron chi connectivity index (χ0n) is 11.2. The number of thiazole rings is 1. The molecule has 0 unspecified atom stereocenters. The van der Waals surface area contributed by atoms with Crippen LogP contribution in [0.25, 0.3) is 4.96 Å². The van der Waals surface area contributed by atoms with Crippen molar-refractivity contribution in [1.29, 1.82) is 0 Å². The summed E-state index contributed by atoms with van der Waals surface area (Å²) in [6.07, 6.45) is 4.75. The maximum absolute atomic E-state index is 5.33. The summed E-state index contributed by atoms with van der Waals surface area (Å²) in [5.41, 5.74) is 2.16. The van der Waals surface area contributed by atoms with Crippen LogP contribution in [0.5, 0.6) is 5.88 Å². The minimum absolute atomic E-state index is 0.696.